The molecule has 2 saturated heterocycles. The highest BCUT2D eigenvalue weighted by Gasteiger charge is 2.32. The number of hydrogen-bond donors (Lipinski definition) is 0. The van der Waals surface area contributed by atoms with Gasteiger partial charge in [-0.15, -0.1) is 0 Å². The third kappa shape index (κ3) is 4.09. The van der Waals surface area contributed by atoms with Gasteiger partial charge < -0.3 is 19.3 Å². The maximum atomic E-state index is 12.7. The summed E-state index contributed by atoms with van der Waals surface area (Å²) in [4.78, 5) is 30.3. The second-order valence-electron chi connectivity index (χ2n) is 6.63. The van der Waals surface area contributed by atoms with Gasteiger partial charge in [0.2, 0.25) is 5.91 Å². The van der Waals surface area contributed by atoms with E-state index in [1.54, 1.807) is 12.0 Å². The SMILES string of the molecule is CCOC(=O)N1CCC(N2CCN(c3cccc(OC)c3)C(=O)C2)CC1. The zero-order valence-electron chi connectivity index (χ0n) is 15.5. The Bertz CT molecular complexity index is 643. The standard InChI is InChI=1S/C19H27N3O4/c1-3-26-19(24)20-9-7-15(8-10-20)21-11-12-22(18(23)14-21)16-5-4-6-17(13-16)25-2/h4-6,13,15H,3,7-12,14H2,1-2H3. The number of benzene rings is 1. The molecule has 1 aromatic rings. The van der Waals surface area contributed by atoms with Crippen LogP contribution < -0.4 is 9.64 Å². The van der Waals surface area contributed by atoms with Crippen LogP contribution in [0.5, 0.6) is 5.75 Å². The summed E-state index contributed by atoms with van der Waals surface area (Å²) in [6.07, 6.45) is 1.53. The van der Waals surface area contributed by atoms with E-state index in [2.05, 4.69) is 4.90 Å². The minimum Gasteiger partial charge on any atom is -0.497 e. The normalized spacial score (nSPS) is 19.5. The van der Waals surface area contributed by atoms with Gasteiger partial charge in [-0.3, -0.25) is 9.69 Å². The Morgan fingerprint density at radius 3 is 2.62 bits per heavy atom. The molecule has 7 heteroatoms. The number of hydrogen-bond acceptors (Lipinski definition) is 5. The van der Waals surface area contributed by atoms with Gasteiger partial charge in [-0.25, -0.2) is 4.79 Å². The van der Waals surface area contributed by atoms with Crippen molar-refractivity contribution in [1.82, 2.24) is 9.80 Å². The van der Waals surface area contributed by atoms with Crippen molar-refractivity contribution < 1.29 is 19.1 Å². The molecule has 2 aliphatic rings. The number of nitrogens with zero attached hydrogens (tertiary/aromatic N) is 3. The topological polar surface area (TPSA) is 62.3 Å². The molecule has 0 N–H and O–H groups in total. The van der Waals surface area contributed by atoms with Crippen molar-refractivity contribution in [2.45, 2.75) is 25.8 Å². The highest BCUT2D eigenvalue weighted by atomic mass is 16.6. The molecule has 26 heavy (non-hydrogen) atoms. The van der Waals surface area contributed by atoms with Crippen LogP contribution in [-0.4, -0.2) is 74.3 Å². The van der Waals surface area contributed by atoms with Gasteiger partial charge in [-0.2, -0.15) is 0 Å². The molecule has 0 atom stereocenters. The minimum absolute atomic E-state index is 0.109. The first-order valence-corrected chi connectivity index (χ1v) is 9.22. The molecule has 7 nitrogen and oxygen atoms in total. The number of carbonyl (C=O) groups excluding carboxylic acids is 2. The summed E-state index contributed by atoms with van der Waals surface area (Å²) in [6, 6.07) is 7.96. The molecule has 0 unspecified atom stereocenters. The molecule has 0 spiro atoms. The van der Waals surface area contributed by atoms with Gasteiger partial charge in [0, 0.05) is 44.0 Å². The van der Waals surface area contributed by atoms with Crippen molar-refractivity contribution in [2.75, 3.05) is 51.3 Å². The predicted molar refractivity (Wildman–Crippen MR) is 98.5 cm³/mol. The van der Waals surface area contributed by atoms with E-state index < -0.39 is 0 Å². The van der Waals surface area contributed by atoms with Gasteiger partial charge in [-0.1, -0.05) is 6.07 Å². The van der Waals surface area contributed by atoms with E-state index in [9.17, 15) is 9.59 Å². The number of likely N-dealkylation sites (tertiary alicyclic amines) is 1. The summed E-state index contributed by atoms with van der Waals surface area (Å²) in [5.41, 5.74) is 0.881. The van der Waals surface area contributed by atoms with Gasteiger partial charge in [0.05, 0.1) is 20.3 Å². The number of methoxy groups -OCH3 is 1. The smallest absolute Gasteiger partial charge is 0.409 e. The Hall–Kier alpha value is -2.28. The maximum Gasteiger partial charge on any atom is 0.409 e. The largest absolute Gasteiger partial charge is 0.497 e. The first-order chi connectivity index (χ1) is 12.6. The highest BCUT2D eigenvalue weighted by molar-refractivity contribution is 5.95. The number of anilines is 1. The summed E-state index contributed by atoms with van der Waals surface area (Å²) < 4.78 is 10.3. The molecule has 3 rings (SSSR count). The molecule has 0 bridgehead atoms. The molecule has 2 aliphatic heterocycles. The first-order valence-electron chi connectivity index (χ1n) is 9.22. The number of piperazine rings is 1. The number of amides is 2. The van der Waals surface area contributed by atoms with Crippen LogP contribution in [0.3, 0.4) is 0 Å². The Morgan fingerprint density at radius 1 is 1.19 bits per heavy atom. The van der Waals surface area contributed by atoms with Crippen molar-refractivity contribution in [2.24, 2.45) is 0 Å². The Labute approximate surface area is 154 Å². The molecule has 2 fully saturated rings. The van der Waals surface area contributed by atoms with E-state index in [-0.39, 0.29) is 12.0 Å². The molecule has 2 heterocycles. The lowest BCUT2D eigenvalue weighted by Gasteiger charge is -2.42. The fraction of sp³-hybridized carbons (Fsp3) is 0.579. The van der Waals surface area contributed by atoms with Crippen molar-refractivity contribution in [3.8, 4) is 5.75 Å². The van der Waals surface area contributed by atoms with Crippen LogP contribution >= 0.6 is 0 Å². The Kier molecular flexibility index (Phi) is 5.98. The van der Waals surface area contributed by atoms with E-state index in [1.807, 2.05) is 36.1 Å². The van der Waals surface area contributed by atoms with Crippen LogP contribution in [0.15, 0.2) is 24.3 Å². The monoisotopic (exact) mass is 361 g/mol. The van der Waals surface area contributed by atoms with E-state index in [4.69, 9.17) is 9.47 Å². The van der Waals surface area contributed by atoms with Crippen LogP contribution in [0.2, 0.25) is 0 Å². The molecular formula is C19H27N3O4. The maximum absolute atomic E-state index is 12.7. The number of rotatable bonds is 4. The summed E-state index contributed by atoms with van der Waals surface area (Å²) in [5, 5.41) is 0. The summed E-state index contributed by atoms with van der Waals surface area (Å²) in [5.74, 6) is 0.862. The van der Waals surface area contributed by atoms with Gasteiger partial charge in [-0.05, 0) is 31.9 Å². The lowest BCUT2D eigenvalue weighted by Crippen LogP contribution is -2.56. The van der Waals surface area contributed by atoms with E-state index in [0.717, 1.165) is 30.8 Å². The second-order valence-corrected chi connectivity index (χ2v) is 6.63. The highest BCUT2D eigenvalue weighted by Crippen LogP contribution is 2.25. The molecule has 0 radical (unpaired) electrons. The van der Waals surface area contributed by atoms with Crippen LogP contribution in [0.4, 0.5) is 10.5 Å². The molecule has 2 amide bonds. The number of carbonyl (C=O) groups is 2. The van der Waals surface area contributed by atoms with Crippen LogP contribution in [0.1, 0.15) is 19.8 Å². The van der Waals surface area contributed by atoms with Gasteiger partial charge in [0.1, 0.15) is 5.75 Å². The van der Waals surface area contributed by atoms with Crippen LogP contribution in [-0.2, 0) is 9.53 Å². The molecule has 0 saturated carbocycles. The zero-order chi connectivity index (χ0) is 18.5. The first kappa shape index (κ1) is 18.5. The average molecular weight is 361 g/mol. The molecule has 0 aliphatic carbocycles. The third-order valence-corrected chi connectivity index (χ3v) is 5.12. The Morgan fingerprint density at radius 2 is 1.96 bits per heavy atom. The fourth-order valence-electron chi connectivity index (χ4n) is 3.68. The second kappa shape index (κ2) is 8.40. The van der Waals surface area contributed by atoms with E-state index in [0.29, 0.717) is 38.8 Å². The zero-order valence-corrected chi connectivity index (χ0v) is 15.5. The van der Waals surface area contributed by atoms with Crippen LogP contribution in [0.25, 0.3) is 0 Å². The third-order valence-electron chi connectivity index (χ3n) is 5.12. The Balaban J connectivity index is 1.54. The number of piperidine rings is 1. The molecular weight excluding hydrogens is 334 g/mol. The van der Waals surface area contributed by atoms with Crippen molar-refractivity contribution in [3.05, 3.63) is 24.3 Å². The van der Waals surface area contributed by atoms with Crippen molar-refractivity contribution in [3.63, 3.8) is 0 Å². The molecule has 142 valence electrons. The van der Waals surface area contributed by atoms with Gasteiger partial charge in [0.15, 0.2) is 0 Å². The van der Waals surface area contributed by atoms with Crippen molar-refractivity contribution in [1.29, 1.82) is 0 Å². The van der Waals surface area contributed by atoms with Crippen molar-refractivity contribution >= 4 is 17.7 Å². The summed E-state index contributed by atoms with van der Waals surface area (Å²) >= 11 is 0. The quantitative estimate of drug-likeness (QED) is 0.820. The van der Waals surface area contributed by atoms with Gasteiger partial charge in [0.25, 0.3) is 0 Å². The summed E-state index contributed by atoms with van der Waals surface area (Å²) in [6.45, 7) is 5.53. The fourth-order valence-corrected chi connectivity index (χ4v) is 3.68. The molecule has 0 aromatic heterocycles. The molecule has 1 aromatic carbocycles. The summed E-state index contributed by atoms with van der Waals surface area (Å²) in [7, 11) is 1.63. The lowest BCUT2D eigenvalue weighted by atomic mass is 10.0. The van der Waals surface area contributed by atoms with E-state index >= 15 is 0 Å². The average Bonchev–Trinajstić information content (AvgIpc) is 2.68. The minimum atomic E-state index is -0.232. The lowest BCUT2D eigenvalue weighted by molar-refractivity contribution is -0.122. The predicted octanol–water partition coefficient (Wildman–Crippen LogP) is 1.96. The van der Waals surface area contributed by atoms with E-state index in [1.165, 1.54) is 0 Å². The number of ether oxygens (including phenoxy) is 2. The van der Waals surface area contributed by atoms with Gasteiger partial charge >= 0.3 is 6.09 Å². The van der Waals surface area contributed by atoms with Crippen LogP contribution in [0, 0.1) is 0 Å².